The van der Waals surface area contributed by atoms with Crippen molar-refractivity contribution in [2.45, 2.75) is 53.0 Å². The number of nitrogens with one attached hydrogen (secondary N) is 3. The van der Waals surface area contributed by atoms with Crippen LogP contribution in [0.15, 0.2) is 12.1 Å². The number of rotatable bonds is 7. The van der Waals surface area contributed by atoms with E-state index in [4.69, 9.17) is 4.74 Å². The maximum Gasteiger partial charge on any atom is 0.112 e. The molecule has 142 valence electrons. The summed E-state index contributed by atoms with van der Waals surface area (Å²) in [5.74, 6) is 0. The smallest absolute Gasteiger partial charge is 0.112 e. The van der Waals surface area contributed by atoms with E-state index in [1.807, 2.05) is 0 Å². The van der Waals surface area contributed by atoms with Crippen LogP contribution in [0.4, 0.5) is 0 Å². The minimum Gasteiger partial charge on any atom is -0.383 e. The lowest BCUT2D eigenvalue weighted by atomic mass is 9.88. The molecule has 1 aliphatic rings. The monoisotopic (exact) mass is 356 g/mol. The Morgan fingerprint density at radius 3 is 2.88 bits per heavy atom. The largest absolute Gasteiger partial charge is 0.383 e. The van der Waals surface area contributed by atoms with Gasteiger partial charge in [0.15, 0.2) is 0 Å². The number of hydrogen-bond acceptors (Lipinski definition) is 3. The summed E-state index contributed by atoms with van der Waals surface area (Å²) in [7, 11) is 1.73. The third-order valence-corrected chi connectivity index (χ3v) is 5.03. The fourth-order valence-corrected chi connectivity index (χ4v) is 3.43. The molecule has 0 fully saturated rings. The second-order valence-corrected chi connectivity index (χ2v) is 8.47. The number of methoxy groups -OCH3 is 1. The number of aromatic nitrogens is 3. The summed E-state index contributed by atoms with van der Waals surface area (Å²) in [6.45, 7) is 10.6. The Kier molecular flexibility index (Phi) is 5.68. The van der Waals surface area contributed by atoms with Gasteiger partial charge in [-0.05, 0) is 36.8 Å². The van der Waals surface area contributed by atoms with Crippen LogP contribution in [0, 0.1) is 12.3 Å². The summed E-state index contributed by atoms with van der Waals surface area (Å²) in [5.41, 5.74) is 7.56. The van der Waals surface area contributed by atoms with Crippen LogP contribution < -0.4 is 5.32 Å². The second kappa shape index (κ2) is 7.80. The average Bonchev–Trinajstić information content (AvgIpc) is 3.15. The molecular formula is C21H32N4O. The van der Waals surface area contributed by atoms with Crippen molar-refractivity contribution in [3.05, 3.63) is 34.7 Å². The van der Waals surface area contributed by atoms with Crippen LogP contribution in [0.3, 0.4) is 0 Å². The van der Waals surface area contributed by atoms with Gasteiger partial charge in [0.2, 0.25) is 0 Å². The highest BCUT2D eigenvalue weighted by Gasteiger charge is 2.21. The normalized spacial score (nSPS) is 16.9. The zero-order valence-electron chi connectivity index (χ0n) is 16.7. The molecule has 0 bridgehead atoms. The van der Waals surface area contributed by atoms with Gasteiger partial charge in [0.1, 0.15) is 5.69 Å². The van der Waals surface area contributed by atoms with Crippen molar-refractivity contribution in [1.82, 2.24) is 20.5 Å². The summed E-state index contributed by atoms with van der Waals surface area (Å²) < 4.78 is 5.12. The third-order valence-electron chi connectivity index (χ3n) is 5.03. The lowest BCUT2D eigenvalue weighted by molar-refractivity contribution is 0.197. The number of ether oxygens (including phenoxy) is 1. The fraction of sp³-hybridized carbons (Fsp3) is 0.571. The Bertz CT molecular complexity index is 764. The predicted molar refractivity (Wildman–Crippen MR) is 107 cm³/mol. The molecule has 1 unspecified atom stereocenters. The summed E-state index contributed by atoms with van der Waals surface area (Å²) >= 11 is 0. The first kappa shape index (κ1) is 18.9. The van der Waals surface area contributed by atoms with Crippen molar-refractivity contribution in [2.75, 3.05) is 20.3 Å². The molecular weight excluding hydrogens is 324 g/mol. The summed E-state index contributed by atoms with van der Waals surface area (Å²) in [4.78, 5) is 3.62. The fourth-order valence-electron chi connectivity index (χ4n) is 3.43. The lowest BCUT2D eigenvalue weighted by Crippen LogP contribution is -2.33. The first-order valence-electron chi connectivity index (χ1n) is 9.54. The SMILES string of the molecule is COCCNC1C=Cc2cc(-c3n[nH]c(C)c3CCC(C)(C)C)[nH]c2C1. The van der Waals surface area contributed by atoms with Gasteiger partial charge < -0.3 is 15.0 Å². The Labute approximate surface area is 156 Å². The molecule has 3 N–H and O–H groups in total. The van der Waals surface area contributed by atoms with Gasteiger partial charge >= 0.3 is 0 Å². The molecule has 5 nitrogen and oxygen atoms in total. The summed E-state index contributed by atoms with van der Waals surface area (Å²) in [6.07, 6.45) is 7.61. The molecule has 1 atom stereocenters. The Balaban J connectivity index is 1.76. The van der Waals surface area contributed by atoms with E-state index < -0.39 is 0 Å². The van der Waals surface area contributed by atoms with Gasteiger partial charge in [-0.3, -0.25) is 5.10 Å². The molecule has 5 heteroatoms. The van der Waals surface area contributed by atoms with Crippen LogP contribution in [0.25, 0.3) is 17.5 Å². The molecule has 0 saturated heterocycles. The zero-order valence-corrected chi connectivity index (χ0v) is 16.7. The molecule has 2 aromatic rings. The number of H-pyrrole nitrogens is 2. The third kappa shape index (κ3) is 4.46. The van der Waals surface area contributed by atoms with Crippen LogP contribution in [0.2, 0.25) is 0 Å². The van der Waals surface area contributed by atoms with Crippen molar-refractivity contribution in [3.63, 3.8) is 0 Å². The molecule has 0 aromatic carbocycles. The van der Waals surface area contributed by atoms with E-state index in [2.05, 4.69) is 66.4 Å². The van der Waals surface area contributed by atoms with Crippen LogP contribution in [0.5, 0.6) is 0 Å². The zero-order chi connectivity index (χ0) is 18.7. The van der Waals surface area contributed by atoms with E-state index in [0.717, 1.165) is 43.8 Å². The van der Waals surface area contributed by atoms with E-state index in [1.54, 1.807) is 7.11 Å². The Hall–Kier alpha value is -1.85. The molecule has 1 aliphatic carbocycles. The van der Waals surface area contributed by atoms with E-state index in [9.17, 15) is 0 Å². The molecule has 0 aliphatic heterocycles. The van der Waals surface area contributed by atoms with Gasteiger partial charge in [-0.2, -0.15) is 5.10 Å². The Morgan fingerprint density at radius 1 is 1.35 bits per heavy atom. The lowest BCUT2D eigenvalue weighted by Gasteiger charge is -2.18. The molecule has 0 amide bonds. The van der Waals surface area contributed by atoms with Crippen LogP contribution >= 0.6 is 0 Å². The van der Waals surface area contributed by atoms with Crippen LogP contribution in [-0.4, -0.2) is 41.5 Å². The molecule has 2 heterocycles. The minimum atomic E-state index is 0.319. The summed E-state index contributed by atoms with van der Waals surface area (Å²) in [5, 5.41) is 11.3. The van der Waals surface area contributed by atoms with Gasteiger partial charge in [-0.15, -0.1) is 0 Å². The molecule has 26 heavy (non-hydrogen) atoms. The van der Waals surface area contributed by atoms with Crippen molar-refractivity contribution in [3.8, 4) is 11.4 Å². The molecule has 0 spiro atoms. The highest BCUT2D eigenvalue weighted by atomic mass is 16.5. The standard InChI is InChI=1S/C21H32N4O/c1-14-17(8-9-21(2,3)4)20(25-24-14)19-12-15-6-7-16(13-18(15)23-19)22-10-11-26-5/h6-7,12,16,22-23H,8-11,13H2,1-5H3,(H,24,25). The van der Waals surface area contributed by atoms with Crippen LogP contribution in [-0.2, 0) is 17.6 Å². The van der Waals surface area contributed by atoms with Crippen molar-refractivity contribution >= 4 is 6.08 Å². The number of hydrogen-bond donors (Lipinski definition) is 3. The van der Waals surface area contributed by atoms with E-state index >= 15 is 0 Å². The first-order chi connectivity index (χ1) is 12.4. The second-order valence-electron chi connectivity index (χ2n) is 8.47. The Morgan fingerprint density at radius 2 is 2.15 bits per heavy atom. The molecule has 3 rings (SSSR count). The maximum atomic E-state index is 5.12. The molecule has 2 aromatic heterocycles. The van der Waals surface area contributed by atoms with Crippen molar-refractivity contribution in [1.29, 1.82) is 0 Å². The van der Waals surface area contributed by atoms with Crippen molar-refractivity contribution < 1.29 is 4.74 Å². The highest BCUT2D eigenvalue weighted by Crippen LogP contribution is 2.31. The number of aromatic amines is 2. The van der Waals surface area contributed by atoms with Gasteiger partial charge in [0.05, 0.1) is 12.3 Å². The van der Waals surface area contributed by atoms with Crippen LogP contribution in [0.1, 0.15) is 49.7 Å². The van der Waals surface area contributed by atoms with Gasteiger partial charge in [-0.25, -0.2) is 0 Å². The molecule has 0 saturated carbocycles. The topological polar surface area (TPSA) is 65.7 Å². The highest BCUT2D eigenvalue weighted by molar-refractivity contribution is 5.68. The quantitative estimate of drug-likeness (QED) is 0.660. The maximum absolute atomic E-state index is 5.12. The number of nitrogens with zero attached hydrogens (tertiary/aromatic N) is 1. The predicted octanol–water partition coefficient (Wildman–Crippen LogP) is 3.87. The minimum absolute atomic E-state index is 0.319. The van der Waals surface area contributed by atoms with Gasteiger partial charge in [-0.1, -0.05) is 32.9 Å². The number of aryl methyl sites for hydroxylation is 1. The van der Waals surface area contributed by atoms with Crippen molar-refractivity contribution in [2.24, 2.45) is 5.41 Å². The average molecular weight is 357 g/mol. The van der Waals surface area contributed by atoms with Gasteiger partial charge in [0, 0.05) is 43.1 Å². The number of fused-ring (bicyclic) bond motifs is 1. The first-order valence-corrected chi connectivity index (χ1v) is 9.54. The van der Waals surface area contributed by atoms with E-state index in [-0.39, 0.29) is 0 Å². The van der Waals surface area contributed by atoms with E-state index in [0.29, 0.717) is 11.5 Å². The van der Waals surface area contributed by atoms with Gasteiger partial charge in [0.25, 0.3) is 0 Å². The summed E-state index contributed by atoms with van der Waals surface area (Å²) in [6, 6.07) is 2.58. The molecule has 0 radical (unpaired) electrons. The van der Waals surface area contributed by atoms with E-state index in [1.165, 1.54) is 22.5 Å².